The van der Waals surface area contributed by atoms with Gasteiger partial charge < -0.3 is 45.5 Å². The fourth-order valence-corrected chi connectivity index (χ4v) is 8.44. The lowest BCUT2D eigenvalue weighted by molar-refractivity contribution is -0.245. The third kappa shape index (κ3) is 10.8. The van der Waals surface area contributed by atoms with E-state index in [1.54, 1.807) is 6.92 Å². The first-order chi connectivity index (χ1) is 28.4. The number of carbonyl (C=O) groups excluding carboxylic acids is 3. The van der Waals surface area contributed by atoms with Crippen LogP contribution >= 0.6 is 0 Å². The van der Waals surface area contributed by atoms with Crippen LogP contribution in [0.15, 0.2) is 35.5 Å². The Morgan fingerprint density at radius 2 is 1.61 bits per heavy atom. The Balaban J connectivity index is 1.28. The molecule has 2 aliphatic carbocycles. The van der Waals surface area contributed by atoms with E-state index in [0.29, 0.717) is 6.42 Å². The largest absolute Gasteiger partial charge is 0.507 e. The number of nitrogens with two attached hydrogens (primary N) is 1. The zero-order valence-electron chi connectivity index (χ0n) is 34.7. The zero-order valence-corrected chi connectivity index (χ0v) is 34.7. The molecule has 1 saturated heterocycles. The molecule has 0 spiro atoms. The molecule has 59 heavy (non-hydrogen) atoms. The molecule has 0 aromatic heterocycles. The van der Waals surface area contributed by atoms with Crippen LogP contribution in [0.4, 0.5) is 0 Å². The van der Waals surface area contributed by atoms with E-state index in [2.05, 4.69) is 29.6 Å². The third-order valence-corrected chi connectivity index (χ3v) is 11.8. The topological polar surface area (TPSA) is 230 Å². The molecule has 1 amide bonds. The van der Waals surface area contributed by atoms with Crippen LogP contribution in [-0.2, 0) is 20.7 Å². The number of fused-ring (bicyclic) bond motifs is 3. The number of hydrogen-bond acceptors (Lipinski definition) is 13. The SMILES string of the molecule is CCCCCCCC/C=C\CCCCCCCC(=O)N/N=C(\CO)[C@]1(O)Cc2c(O)c3c(c(O)c2[C@@H](O[C@H]2C[C@H](N)[C@H](O)[C@H](C)O2)C1)C(=O)c1c(OC)cccc1C3=O. The van der Waals surface area contributed by atoms with E-state index in [0.717, 1.165) is 38.5 Å². The third-order valence-electron chi connectivity index (χ3n) is 11.8. The molecular formula is C45H63N3O11. The average molecular weight is 822 g/mol. The van der Waals surface area contributed by atoms with Crippen molar-refractivity contribution in [2.75, 3.05) is 13.7 Å². The summed E-state index contributed by atoms with van der Waals surface area (Å²) in [4.78, 5) is 40.8. The van der Waals surface area contributed by atoms with Crippen LogP contribution in [0.3, 0.4) is 0 Å². The number of carbonyl (C=O) groups is 3. The number of aromatic hydroxyl groups is 2. The minimum Gasteiger partial charge on any atom is -0.507 e. The summed E-state index contributed by atoms with van der Waals surface area (Å²) < 4.78 is 17.5. The molecule has 1 heterocycles. The lowest BCUT2D eigenvalue weighted by atomic mass is 9.71. The second-order valence-corrected chi connectivity index (χ2v) is 16.2. The van der Waals surface area contributed by atoms with Crippen molar-refractivity contribution in [2.24, 2.45) is 10.8 Å². The molecule has 3 aliphatic rings. The Kier molecular flexibility index (Phi) is 16.6. The molecule has 8 N–H and O–H groups in total. The van der Waals surface area contributed by atoms with Crippen LogP contribution in [0.5, 0.6) is 17.2 Å². The fourth-order valence-electron chi connectivity index (χ4n) is 8.44. The first kappa shape index (κ1) is 45.9. The van der Waals surface area contributed by atoms with Crippen LogP contribution in [-0.4, -0.2) is 92.6 Å². The van der Waals surface area contributed by atoms with Crippen LogP contribution < -0.4 is 15.9 Å². The molecule has 2 aromatic carbocycles. The number of nitrogens with zero attached hydrogens (tertiary/aromatic N) is 1. The van der Waals surface area contributed by atoms with Crippen molar-refractivity contribution in [3.05, 3.63) is 63.7 Å². The summed E-state index contributed by atoms with van der Waals surface area (Å²) >= 11 is 0. The molecule has 1 aliphatic heterocycles. The summed E-state index contributed by atoms with van der Waals surface area (Å²) in [7, 11) is 1.34. The van der Waals surface area contributed by atoms with Gasteiger partial charge in [0, 0.05) is 48.4 Å². The summed E-state index contributed by atoms with van der Waals surface area (Å²) in [6, 6.07) is 3.69. The number of aliphatic hydroxyl groups is 3. The number of ketones is 2. The smallest absolute Gasteiger partial charge is 0.240 e. The quantitative estimate of drug-likeness (QED) is 0.0218. The number of aliphatic hydroxyl groups excluding tert-OH is 2. The van der Waals surface area contributed by atoms with Gasteiger partial charge in [-0.05, 0) is 45.1 Å². The van der Waals surface area contributed by atoms with Gasteiger partial charge in [-0.1, -0.05) is 82.6 Å². The van der Waals surface area contributed by atoms with Gasteiger partial charge in [-0.2, -0.15) is 5.10 Å². The Morgan fingerprint density at radius 3 is 2.25 bits per heavy atom. The van der Waals surface area contributed by atoms with E-state index in [4.69, 9.17) is 19.9 Å². The maximum atomic E-state index is 14.0. The number of allylic oxidation sites excluding steroid dienone is 2. The molecule has 5 rings (SSSR count). The fraction of sp³-hybridized carbons (Fsp3) is 0.600. The van der Waals surface area contributed by atoms with Gasteiger partial charge >= 0.3 is 0 Å². The number of amides is 1. The van der Waals surface area contributed by atoms with Crippen LogP contribution in [0.1, 0.15) is 166 Å². The molecule has 14 nitrogen and oxygen atoms in total. The van der Waals surface area contributed by atoms with Crippen molar-refractivity contribution in [1.29, 1.82) is 0 Å². The second kappa shape index (κ2) is 21.4. The molecule has 324 valence electrons. The minimum atomic E-state index is -2.09. The van der Waals surface area contributed by atoms with E-state index in [-0.39, 0.29) is 53.0 Å². The average Bonchev–Trinajstić information content (AvgIpc) is 3.21. The number of methoxy groups -OCH3 is 1. The molecular weight excluding hydrogens is 759 g/mol. The standard InChI is InChI=1S/C45H63N3O11/c1-4-5-6-7-8-9-10-11-12-13-14-15-16-17-18-22-34(50)48-47-33(26-49)45(56)24-29-37(32(25-45)59-35-23-30(46)40(51)27(2)58-35)44(55)39-38(42(29)53)41(52)28-20-19-21-31(57-3)36(28)43(39)54/h11-12,19-21,27,30,32,35,40,49,51,53,55-56H,4-10,13-18,22-26,46H2,1-3H3,(H,48,50)/b12-11-,47-33+/t27-,30-,32-,35-,40+,45-/m0/s1. The summed E-state index contributed by atoms with van der Waals surface area (Å²) in [5.74, 6) is -3.13. The van der Waals surface area contributed by atoms with Gasteiger partial charge in [0.25, 0.3) is 0 Å². The van der Waals surface area contributed by atoms with Gasteiger partial charge in [0.05, 0.1) is 54.4 Å². The van der Waals surface area contributed by atoms with Crippen LogP contribution in [0.25, 0.3) is 0 Å². The van der Waals surface area contributed by atoms with Gasteiger partial charge in [0.2, 0.25) is 11.7 Å². The number of ether oxygens (including phenoxy) is 3. The van der Waals surface area contributed by atoms with Crippen LogP contribution in [0, 0.1) is 0 Å². The van der Waals surface area contributed by atoms with Crippen LogP contribution in [0.2, 0.25) is 0 Å². The van der Waals surface area contributed by atoms with E-state index in [1.807, 2.05) is 0 Å². The summed E-state index contributed by atoms with van der Waals surface area (Å²) in [5, 5.41) is 60.9. The lowest BCUT2D eigenvalue weighted by Crippen LogP contribution is -2.53. The summed E-state index contributed by atoms with van der Waals surface area (Å²) in [5.41, 5.74) is 5.02. The van der Waals surface area contributed by atoms with Gasteiger partial charge in [-0.25, -0.2) is 5.43 Å². The van der Waals surface area contributed by atoms with E-state index in [1.165, 1.54) is 63.8 Å². The highest BCUT2D eigenvalue weighted by Crippen LogP contribution is 2.52. The number of phenols is 2. The maximum absolute atomic E-state index is 14.0. The number of hydrogen-bond donors (Lipinski definition) is 7. The maximum Gasteiger partial charge on any atom is 0.240 e. The predicted octanol–water partition coefficient (Wildman–Crippen LogP) is 5.94. The highest BCUT2D eigenvalue weighted by atomic mass is 16.7. The Morgan fingerprint density at radius 1 is 0.966 bits per heavy atom. The second-order valence-electron chi connectivity index (χ2n) is 16.2. The highest BCUT2D eigenvalue weighted by molar-refractivity contribution is 6.31. The number of nitrogens with one attached hydrogen (secondary N) is 1. The molecule has 6 atom stereocenters. The molecule has 14 heteroatoms. The Hall–Kier alpha value is -4.18. The van der Waals surface area contributed by atoms with E-state index < -0.39 is 89.4 Å². The van der Waals surface area contributed by atoms with Gasteiger partial charge in [0.1, 0.15) is 22.8 Å². The number of rotatable bonds is 21. The molecule has 1 fully saturated rings. The van der Waals surface area contributed by atoms with Gasteiger partial charge in [-0.3, -0.25) is 14.4 Å². The molecule has 2 aromatic rings. The van der Waals surface area contributed by atoms with Gasteiger partial charge in [0.15, 0.2) is 12.1 Å². The molecule has 0 saturated carbocycles. The van der Waals surface area contributed by atoms with Crippen molar-refractivity contribution < 1.29 is 54.1 Å². The van der Waals surface area contributed by atoms with E-state index in [9.17, 15) is 39.9 Å². The number of benzene rings is 2. The summed E-state index contributed by atoms with van der Waals surface area (Å²) in [6.45, 7) is 3.03. The number of unbranched alkanes of at least 4 members (excludes halogenated alkanes) is 11. The van der Waals surface area contributed by atoms with Crippen molar-refractivity contribution in [2.45, 2.75) is 159 Å². The van der Waals surface area contributed by atoms with Crippen molar-refractivity contribution in [1.82, 2.24) is 5.43 Å². The number of phenolic OH excluding ortho intramolecular Hbond substituents is 2. The highest BCUT2D eigenvalue weighted by Gasteiger charge is 2.49. The first-order valence-electron chi connectivity index (χ1n) is 21.3. The monoisotopic (exact) mass is 821 g/mol. The predicted molar refractivity (Wildman–Crippen MR) is 222 cm³/mol. The summed E-state index contributed by atoms with van der Waals surface area (Å²) in [6.07, 6.45) is 14.4. The Bertz CT molecular complexity index is 1850. The van der Waals surface area contributed by atoms with E-state index >= 15 is 0 Å². The normalized spacial score (nSPS) is 24.2. The molecule has 0 unspecified atom stereocenters. The van der Waals surface area contributed by atoms with Crippen molar-refractivity contribution >= 4 is 23.2 Å². The molecule has 0 bridgehead atoms. The first-order valence-corrected chi connectivity index (χ1v) is 21.3. The van der Waals surface area contributed by atoms with Crippen molar-refractivity contribution in [3.8, 4) is 17.2 Å². The van der Waals surface area contributed by atoms with Gasteiger partial charge in [-0.15, -0.1) is 0 Å². The molecule has 0 radical (unpaired) electrons. The van der Waals surface area contributed by atoms with Crippen molar-refractivity contribution in [3.63, 3.8) is 0 Å². The lowest BCUT2D eigenvalue weighted by Gasteiger charge is -2.43. The number of hydrazone groups is 1. The zero-order chi connectivity index (χ0) is 42.7. The minimum absolute atomic E-state index is 0.0167. The Labute approximate surface area is 346 Å².